The van der Waals surface area contributed by atoms with Gasteiger partial charge in [0.05, 0.1) is 12.1 Å². The molecule has 2 aromatic rings. The number of piperidine rings is 1. The Morgan fingerprint density at radius 1 is 1.24 bits per heavy atom. The largest absolute Gasteiger partial charge is 0.420 e. The van der Waals surface area contributed by atoms with Crippen molar-refractivity contribution in [2.45, 2.75) is 32.4 Å². The van der Waals surface area contributed by atoms with Crippen LogP contribution >= 0.6 is 0 Å². The molecule has 0 saturated carbocycles. The number of benzene rings is 1. The van der Waals surface area contributed by atoms with Gasteiger partial charge in [0, 0.05) is 13.1 Å². The van der Waals surface area contributed by atoms with Crippen LogP contribution in [0.5, 0.6) is 0 Å². The molecule has 1 aromatic heterocycles. The van der Waals surface area contributed by atoms with Crippen molar-refractivity contribution in [1.82, 2.24) is 9.47 Å². The van der Waals surface area contributed by atoms with Crippen LogP contribution in [0.2, 0.25) is 0 Å². The monoisotopic (exact) mass is 290 g/mol. The summed E-state index contributed by atoms with van der Waals surface area (Å²) >= 11 is 0. The standard InChI is InChI=1S/C15H18N2O4/c18-10-11-4-5-12-13(8-11)21-15(20)17(12)9-14(19)16-6-2-1-3-7-16/h4-5,8,18H,1-3,6-7,9-10H2. The molecule has 2 heterocycles. The second kappa shape index (κ2) is 5.73. The summed E-state index contributed by atoms with van der Waals surface area (Å²) in [5.74, 6) is -0.587. The maximum atomic E-state index is 12.3. The van der Waals surface area contributed by atoms with Crippen molar-refractivity contribution < 1.29 is 14.3 Å². The summed E-state index contributed by atoms with van der Waals surface area (Å²) in [5, 5.41) is 9.10. The van der Waals surface area contributed by atoms with Gasteiger partial charge in [0.1, 0.15) is 6.54 Å². The number of fused-ring (bicyclic) bond motifs is 1. The van der Waals surface area contributed by atoms with Crippen LogP contribution in [0.1, 0.15) is 24.8 Å². The van der Waals surface area contributed by atoms with Gasteiger partial charge in [0.2, 0.25) is 5.91 Å². The molecule has 6 nitrogen and oxygen atoms in total. The number of aliphatic hydroxyl groups is 1. The Kier molecular flexibility index (Phi) is 3.79. The molecule has 1 aliphatic heterocycles. The number of aromatic nitrogens is 1. The van der Waals surface area contributed by atoms with Gasteiger partial charge < -0.3 is 14.4 Å². The van der Waals surface area contributed by atoms with E-state index < -0.39 is 5.76 Å². The molecule has 0 bridgehead atoms. The van der Waals surface area contributed by atoms with Crippen molar-refractivity contribution in [3.05, 3.63) is 34.3 Å². The maximum absolute atomic E-state index is 12.3. The van der Waals surface area contributed by atoms with E-state index in [9.17, 15) is 9.59 Å². The highest BCUT2D eigenvalue weighted by molar-refractivity contribution is 5.80. The SMILES string of the molecule is O=C(Cn1c(=O)oc2cc(CO)ccc21)N1CCCCC1. The zero-order chi connectivity index (χ0) is 14.8. The molecule has 1 fully saturated rings. The minimum Gasteiger partial charge on any atom is -0.408 e. The number of likely N-dealkylation sites (tertiary alicyclic amines) is 1. The van der Waals surface area contributed by atoms with E-state index in [0.717, 1.165) is 32.4 Å². The Balaban J connectivity index is 1.87. The molecule has 112 valence electrons. The summed E-state index contributed by atoms with van der Waals surface area (Å²) in [6.07, 6.45) is 3.20. The lowest BCUT2D eigenvalue weighted by atomic mass is 10.1. The molecule has 0 unspecified atom stereocenters. The minimum atomic E-state index is -0.537. The van der Waals surface area contributed by atoms with Crippen LogP contribution in [0.4, 0.5) is 0 Å². The van der Waals surface area contributed by atoms with Crippen LogP contribution in [0.3, 0.4) is 0 Å². The second-order valence-corrected chi connectivity index (χ2v) is 5.36. The van der Waals surface area contributed by atoms with Crippen molar-refractivity contribution >= 4 is 17.0 Å². The molecule has 21 heavy (non-hydrogen) atoms. The molecule has 1 N–H and O–H groups in total. The zero-order valence-corrected chi connectivity index (χ0v) is 11.7. The van der Waals surface area contributed by atoms with Gasteiger partial charge in [-0.05, 0) is 37.0 Å². The highest BCUT2D eigenvalue weighted by atomic mass is 16.4. The smallest absolute Gasteiger partial charge is 0.408 e. The maximum Gasteiger partial charge on any atom is 0.420 e. The summed E-state index contributed by atoms with van der Waals surface area (Å²) in [5.41, 5.74) is 1.66. The molecule has 0 aliphatic carbocycles. The first kappa shape index (κ1) is 13.9. The van der Waals surface area contributed by atoms with Crippen LogP contribution in [0.15, 0.2) is 27.4 Å². The molecule has 0 atom stereocenters. The van der Waals surface area contributed by atoms with Gasteiger partial charge in [-0.15, -0.1) is 0 Å². The lowest BCUT2D eigenvalue weighted by molar-refractivity contribution is -0.132. The first-order valence-corrected chi connectivity index (χ1v) is 7.20. The summed E-state index contributed by atoms with van der Waals surface area (Å²) in [7, 11) is 0. The topological polar surface area (TPSA) is 75.7 Å². The summed E-state index contributed by atoms with van der Waals surface area (Å²) in [4.78, 5) is 26.0. The Labute approximate surface area is 121 Å². The Morgan fingerprint density at radius 3 is 2.71 bits per heavy atom. The van der Waals surface area contributed by atoms with Crippen LogP contribution in [-0.2, 0) is 17.9 Å². The summed E-state index contributed by atoms with van der Waals surface area (Å²) in [6.45, 7) is 1.41. The van der Waals surface area contributed by atoms with E-state index in [1.165, 1.54) is 4.57 Å². The highest BCUT2D eigenvalue weighted by Gasteiger charge is 2.19. The highest BCUT2D eigenvalue weighted by Crippen LogP contribution is 2.16. The summed E-state index contributed by atoms with van der Waals surface area (Å²) < 4.78 is 6.51. The Morgan fingerprint density at radius 2 is 2.00 bits per heavy atom. The third-order valence-corrected chi connectivity index (χ3v) is 3.92. The molecule has 3 rings (SSSR count). The van der Waals surface area contributed by atoms with Gasteiger partial charge in [0.25, 0.3) is 0 Å². The molecular formula is C15H18N2O4. The van der Waals surface area contributed by atoms with Gasteiger partial charge in [-0.3, -0.25) is 9.36 Å². The number of carbonyl (C=O) groups is 1. The number of carbonyl (C=O) groups excluding carboxylic acids is 1. The van der Waals surface area contributed by atoms with Gasteiger partial charge in [-0.2, -0.15) is 0 Å². The van der Waals surface area contributed by atoms with Crippen molar-refractivity contribution in [2.24, 2.45) is 0 Å². The number of hydrogen-bond donors (Lipinski definition) is 1. The molecule has 0 radical (unpaired) electrons. The van der Waals surface area contributed by atoms with Crippen LogP contribution in [-0.4, -0.2) is 33.6 Å². The van der Waals surface area contributed by atoms with E-state index in [4.69, 9.17) is 9.52 Å². The van der Waals surface area contributed by atoms with E-state index in [1.54, 1.807) is 23.1 Å². The number of nitrogens with zero attached hydrogens (tertiary/aromatic N) is 2. The van der Waals surface area contributed by atoms with Crippen LogP contribution in [0, 0.1) is 0 Å². The average Bonchev–Trinajstić information content (AvgIpc) is 2.83. The van der Waals surface area contributed by atoms with Gasteiger partial charge in [-0.1, -0.05) is 6.07 Å². The van der Waals surface area contributed by atoms with E-state index in [0.29, 0.717) is 16.7 Å². The van der Waals surface area contributed by atoms with Gasteiger partial charge >= 0.3 is 5.76 Å². The molecule has 0 spiro atoms. The molecule has 1 saturated heterocycles. The van der Waals surface area contributed by atoms with E-state index in [2.05, 4.69) is 0 Å². The van der Waals surface area contributed by atoms with Crippen molar-refractivity contribution in [3.63, 3.8) is 0 Å². The summed E-state index contributed by atoms with van der Waals surface area (Å²) in [6, 6.07) is 5.05. The molecule has 1 aliphatic rings. The van der Waals surface area contributed by atoms with E-state index in [1.807, 2.05) is 0 Å². The first-order valence-electron chi connectivity index (χ1n) is 7.20. The van der Waals surface area contributed by atoms with Gasteiger partial charge in [-0.25, -0.2) is 4.79 Å². The fourth-order valence-electron chi connectivity index (χ4n) is 2.74. The Hall–Kier alpha value is -2.08. The number of hydrogen-bond acceptors (Lipinski definition) is 4. The van der Waals surface area contributed by atoms with Crippen molar-refractivity contribution in [2.75, 3.05) is 13.1 Å². The predicted octanol–water partition coefficient (Wildman–Crippen LogP) is 1.10. The number of rotatable bonds is 3. The predicted molar refractivity (Wildman–Crippen MR) is 76.8 cm³/mol. The molecule has 1 amide bonds. The fraction of sp³-hybridized carbons (Fsp3) is 0.467. The van der Waals surface area contributed by atoms with Gasteiger partial charge in [0.15, 0.2) is 5.58 Å². The molecule has 1 aromatic carbocycles. The quantitative estimate of drug-likeness (QED) is 0.918. The lowest BCUT2D eigenvalue weighted by Crippen LogP contribution is -2.39. The van der Waals surface area contributed by atoms with E-state index >= 15 is 0 Å². The van der Waals surface area contributed by atoms with Crippen LogP contribution in [0.25, 0.3) is 11.1 Å². The van der Waals surface area contributed by atoms with Crippen molar-refractivity contribution in [3.8, 4) is 0 Å². The second-order valence-electron chi connectivity index (χ2n) is 5.36. The van der Waals surface area contributed by atoms with Crippen molar-refractivity contribution in [1.29, 1.82) is 0 Å². The Bertz CT molecular complexity index is 710. The molecular weight excluding hydrogens is 272 g/mol. The van der Waals surface area contributed by atoms with Crippen LogP contribution < -0.4 is 5.76 Å². The van der Waals surface area contributed by atoms with E-state index in [-0.39, 0.29) is 19.1 Å². The zero-order valence-electron chi connectivity index (χ0n) is 11.7. The number of aliphatic hydroxyl groups excluding tert-OH is 1. The lowest BCUT2D eigenvalue weighted by Gasteiger charge is -2.26. The number of amides is 1. The number of oxazole rings is 1. The first-order chi connectivity index (χ1) is 10.2. The fourth-order valence-corrected chi connectivity index (χ4v) is 2.74. The minimum absolute atomic E-state index is 0.00427. The normalized spacial score (nSPS) is 15.6. The average molecular weight is 290 g/mol. The third kappa shape index (κ3) is 2.71. The molecule has 6 heteroatoms. The third-order valence-electron chi connectivity index (χ3n) is 3.92.